The molecule has 0 unspecified atom stereocenters. The number of nitrogens with one attached hydrogen (secondary N) is 2. The molecule has 7 nitrogen and oxygen atoms in total. The first kappa shape index (κ1) is 21.3. The zero-order chi connectivity index (χ0) is 19.1. The molecule has 1 aliphatic rings. The van der Waals surface area contributed by atoms with Crippen LogP contribution >= 0.6 is 11.6 Å². The fraction of sp³-hybridized carbons (Fsp3) is 0.647. The summed E-state index contributed by atoms with van der Waals surface area (Å²) in [6.45, 7) is 8.87. The molecule has 0 aliphatic carbocycles. The molecule has 1 aromatic heterocycles. The Balaban J connectivity index is 0.000000970. The van der Waals surface area contributed by atoms with E-state index in [0.29, 0.717) is 29.7 Å². The lowest BCUT2D eigenvalue weighted by atomic mass is 9.74. The topological polar surface area (TPSA) is 104 Å². The fourth-order valence-corrected chi connectivity index (χ4v) is 3.72. The Kier molecular flexibility index (Phi) is 7.76. The zero-order valence-electron chi connectivity index (χ0n) is 15.2. The van der Waals surface area contributed by atoms with Crippen molar-refractivity contribution in [2.45, 2.75) is 64.6 Å². The summed E-state index contributed by atoms with van der Waals surface area (Å²) in [6.07, 6.45) is 5.62. The van der Waals surface area contributed by atoms with E-state index in [1.165, 1.54) is 12.4 Å². The van der Waals surface area contributed by atoms with Crippen LogP contribution in [0.15, 0.2) is 12.4 Å². The Morgan fingerprint density at radius 3 is 2.28 bits per heavy atom. The van der Waals surface area contributed by atoms with Crippen LogP contribution in [0.4, 0.5) is 0 Å². The summed E-state index contributed by atoms with van der Waals surface area (Å²) in [6, 6.07) is 0. The summed E-state index contributed by atoms with van der Waals surface area (Å²) in [5.41, 5.74) is 0.123. The molecule has 0 atom stereocenters. The average Bonchev–Trinajstić information content (AvgIpc) is 2.44. The van der Waals surface area contributed by atoms with E-state index in [9.17, 15) is 4.79 Å². The smallest absolute Gasteiger partial charge is 0.290 e. The minimum Gasteiger partial charge on any atom is -0.483 e. The van der Waals surface area contributed by atoms with E-state index in [1.807, 2.05) is 0 Å². The number of carbonyl (C=O) groups excluding carboxylic acids is 1. The monoisotopic (exact) mass is 370 g/mol. The molecule has 1 amide bonds. The molecule has 0 saturated carbocycles. The third kappa shape index (κ3) is 8.27. The summed E-state index contributed by atoms with van der Waals surface area (Å²) in [5.74, 6) is 1.01. The van der Waals surface area contributed by atoms with E-state index in [0.717, 1.165) is 12.8 Å². The van der Waals surface area contributed by atoms with Crippen LogP contribution < -0.4 is 10.6 Å². The number of carboxylic acid groups (broad SMARTS) is 1. The van der Waals surface area contributed by atoms with E-state index in [4.69, 9.17) is 21.5 Å². The van der Waals surface area contributed by atoms with E-state index < -0.39 is 0 Å². The van der Waals surface area contributed by atoms with Crippen molar-refractivity contribution in [2.24, 2.45) is 5.92 Å². The van der Waals surface area contributed by atoms with Crippen molar-refractivity contribution in [3.05, 3.63) is 23.2 Å². The molecule has 2 heterocycles. The Labute approximate surface area is 153 Å². The van der Waals surface area contributed by atoms with Gasteiger partial charge in [-0.3, -0.25) is 9.59 Å². The standard InChI is InChI=1S/C16H25ClN4O.CH2O2/c1-15(2)6-11(7-16(3,4)21-15)5-14(22)20-10-13-18-8-12(17)9-19-13;2-1-3/h8-9,11,21H,5-7,10H2,1-4H3,(H,20,22);1H,(H,2,3). The largest absolute Gasteiger partial charge is 0.483 e. The molecule has 0 aromatic carbocycles. The third-order valence-corrected chi connectivity index (χ3v) is 4.06. The molecular formula is C17H27ClN4O3. The Bertz CT molecular complexity index is 560. The lowest BCUT2D eigenvalue weighted by Crippen LogP contribution is -2.58. The van der Waals surface area contributed by atoms with Crippen LogP contribution in [0.3, 0.4) is 0 Å². The molecule has 25 heavy (non-hydrogen) atoms. The van der Waals surface area contributed by atoms with Crippen molar-refractivity contribution in [3.63, 3.8) is 0 Å². The Hall–Kier alpha value is -1.73. The molecule has 2 rings (SSSR count). The van der Waals surface area contributed by atoms with Crippen LogP contribution in [0.25, 0.3) is 0 Å². The van der Waals surface area contributed by atoms with E-state index in [-0.39, 0.29) is 23.5 Å². The number of aromatic nitrogens is 2. The molecular weight excluding hydrogens is 344 g/mol. The van der Waals surface area contributed by atoms with Crippen molar-refractivity contribution in [3.8, 4) is 0 Å². The van der Waals surface area contributed by atoms with Crippen molar-refractivity contribution in [1.29, 1.82) is 0 Å². The molecule has 0 spiro atoms. The van der Waals surface area contributed by atoms with Gasteiger partial charge in [0, 0.05) is 29.9 Å². The summed E-state index contributed by atoms with van der Waals surface area (Å²) in [7, 11) is 0. The second-order valence-corrected chi connectivity index (χ2v) is 8.01. The Morgan fingerprint density at radius 2 is 1.80 bits per heavy atom. The van der Waals surface area contributed by atoms with Crippen LogP contribution in [-0.4, -0.2) is 38.5 Å². The average molecular weight is 371 g/mol. The highest BCUT2D eigenvalue weighted by Crippen LogP contribution is 2.34. The fourth-order valence-electron chi connectivity index (χ4n) is 3.62. The van der Waals surface area contributed by atoms with Gasteiger partial charge >= 0.3 is 0 Å². The van der Waals surface area contributed by atoms with Gasteiger partial charge in [0.25, 0.3) is 6.47 Å². The van der Waals surface area contributed by atoms with Crippen molar-refractivity contribution in [1.82, 2.24) is 20.6 Å². The van der Waals surface area contributed by atoms with Gasteiger partial charge in [0.05, 0.1) is 11.6 Å². The van der Waals surface area contributed by atoms with Gasteiger partial charge in [-0.25, -0.2) is 9.97 Å². The van der Waals surface area contributed by atoms with Gasteiger partial charge in [-0.15, -0.1) is 0 Å². The molecule has 0 radical (unpaired) electrons. The molecule has 140 valence electrons. The number of amides is 1. The van der Waals surface area contributed by atoms with E-state index >= 15 is 0 Å². The highest BCUT2D eigenvalue weighted by Gasteiger charge is 2.38. The maximum atomic E-state index is 12.2. The summed E-state index contributed by atoms with van der Waals surface area (Å²) in [4.78, 5) is 28.7. The zero-order valence-corrected chi connectivity index (χ0v) is 15.9. The molecule has 1 fully saturated rings. The molecule has 1 saturated heterocycles. The Morgan fingerprint density at radius 1 is 1.32 bits per heavy atom. The lowest BCUT2D eigenvalue weighted by molar-refractivity contribution is -0.123. The molecule has 3 N–H and O–H groups in total. The number of piperidine rings is 1. The summed E-state index contributed by atoms with van der Waals surface area (Å²) >= 11 is 5.74. The van der Waals surface area contributed by atoms with Gasteiger partial charge < -0.3 is 15.7 Å². The first-order chi connectivity index (χ1) is 11.6. The molecule has 0 bridgehead atoms. The minimum atomic E-state index is -0.250. The van der Waals surface area contributed by atoms with Gasteiger partial charge in [-0.05, 0) is 46.5 Å². The lowest BCUT2D eigenvalue weighted by Gasteiger charge is -2.46. The van der Waals surface area contributed by atoms with Crippen LogP contribution in [-0.2, 0) is 16.1 Å². The van der Waals surface area contributed by atoms with E-state index in [1.54, 1.807) is 0 Å². The predicted octanol–water partition coefficient (Wildman–Crippen LogP) is 2.39. The number of carbonyl (C=O) groups is 2. The summed E-state index contributed by atoms with van der Waals surface area (Å²) < 4.78 is 0. The number of hydrogen-bond acceptors (Lipinski definition) is 5. The number of halogens is 1. The predicted molar refractivity (Wildman–Crippen MR) is 96.2 cm³/mol. The van der Waals surface area contributed by atoms with Gasteiger partial charge in [-0.1, -0.05) is 11.6 Å². The maximum Gasteiger partial charge on any atom is 0.290 e. The van der Waals surface area contributed by atoms with Crippen molar-refractivity contribution >= 4 is 24.0 Å². The number of rotatable bonds is 4. The summed E-state index contributed by atoms with van der Waals surface area (Å²) in [5, 5.41) is 13.9. The van der Waals surface area contributed by atoms with Gasteiger partial charge in [0.2, 0.25) is 5.91 Å². The van der Waals surface area contributed by atoms with Crippen LogP contribution in [0.5, 0.6) is 0 Å². The van der Waals surface area contributed by atoms with Gasteiger partial charge in [-0.2, -0.15) is 0 Å². The molecule has 8 heteroatoms. The molecule has 1 aromatic rings. The van der Waals surface area contributed by atoms with Gasteiger partial charge in [0.1, 0.15) is 5.82 Å². The van der Waals surface area contributed by atoms with Crippen LogP contribution in [0.2, 0.25) is 5.02 Å². The first-order valence-corrected chi connectivity index (χ1v) is 8.55. The highest BCUT2D eigenvalue weighted by atomic mass is 35.5. The molecule has 1 aliphatic heterocycles. The maximum absolute atomic E-state index is 12.2. The van der Waals surface area contributed by atoms with Crippen molar-refractivity contribution < 1.29 is 14.7 Å². The van der Waals surface area contributed by atoms with Crippen molar-refractivity contribution in [2.75, 3.05) is 0 Å². The normalized spacial score (nSPS) is 18.6. The quantitative estimate of drug-likeness (QED) is 0.703. The van der Waals surface area contributed by atoms with E-state index in [2.05, 4.69) is 48.3 Å². The minimum absolute atomic E-state index is 0.0528. The number of hydrogen-bond donors (Lipinski definition) is 3. The second-order valence-electron chi connectivity index (χ2n) is 7.57. The number of nitrogens with zero attached hydrogens (tertiary/aromatic N) is 2. The third-order valence-electron chi connectivity index (χ3n) is 3.87. The van der Waals surface area contributed by atoms with Crippen LogP contribution in [0, 0.1) is 5.92 Å². The first-order valence-electron chi connectivity index (χ1n) is 8.17. The van der Waals surface area contributed by atoms with Gasteiger partial charge in [0.15, 0.2) is 0 Å². The SMILES string of the molecule is CC1(C)CC(CC(=O)NCc2ncc(Cl)cn2)CC(C)(C)N1.O=CO. The van der Waals surface area contributed by atoms with Crippen LogP contribution in [0.1, 0.15) is 52.8 Å². The second kappa shape index (κ2) is 9.10. The highest BCUT2D eigenvalue weighted by molar-refractivity contribution is 6.30.